The number of hydrogen-bond donors (Lipinski definition) is 0. The summed E-state index contributed by atoms with van der Waals surface area (Å²) in [7, 11) is 1.49. The van der Waals surface area contributed by atoms with Crippen molar-refractivity contribution in [2.24, 2.45) is 0 Å². The zero-order valence-electron chi connectivity index (χ0n) is 7.25. The van der Waals surface area contributed by atoms with Crippen LogP contribution in [0.4, 0.5) is 0 Å². The van der Waals surface area contributed by atoms with Crippen LogP contribution in [0.1, 0.15) is 17.1 Å². The van der Waals surface area contributed by atoms with Gasteiger partial charge in [0.05, 0.1) is 12.8 Å². The van der Waals surface area contributed by atoms with Crippen LogP contribution in [0, 0.1) is 25.2 Å². The molecule has 0 atom stereocenters. The SMILES string of the molecule is COc1nc(C)nc(C)c1C#N. The zero-order valence-corrected chi connectivity index (χ0v) is 7.25. The second-order valence-corrected chi connectivity index (χ2v) is 2.35. The van der Waals surface area contributed by atoms with Gasteiger partial charge in [-0.3, -0.25) is 0 Å². The Morgan fingerprint density at radius 1 is 1.33 bits per heavy atom. The van der Waals surface area contributed by atoms with E-state index in [0.717, 1.165) is 0 Å². The first kappa shape index (κ1) is 8.47. The fourth-order valence-electron chi connectivity index (χ4n) is 0.958. The molecule has 0 aliphatic rings. The summed E-state index contributed by atoms with van der Waals surface area (Å²) in [6, 6.07) is 1.99. The monoisotopic (exact) mass is 163 g/mol. The molecule has 1 heterocycles. The number of rotatable bonds is 1. The number of hydrogen-bond acceptors (Lipinski definition) is 4. The first-order valence-corrected chi connectivity index (χ1v) is 3.48. The average Bonchev–Trinajstić information content (AvgIpc) is 2.03. The summed E-state index contributed by atoms with van der Waals surface area (Å²) in [6.07, 6.45) is 0. The summed E-state index contributed by atoms with van der Waals surface area (Å²) in [4.78, 5) is 8.01. The molecule has 62 valence electrons. The molecule has 0 unspecified atom stereocenters. The lowest BCUT2D eigenvalue weighted by atomic mass is 10.2. The van der Waals surface area contributed by atoms with Crippen LogP contribution in [0.25, 0.3) is 0 Å². The van der Waals surface area contributed by atoms with Gasteiger partial charge in [-0.05, 0) is 13.8 Å². The Morgan fingerprint density at radius 2 is 2.00 bits per heavy atom. The minimum absolute atomic E-state index is 0.350. The van der Waals surface area contributed by atoms with Crippen molar-refractivity contribution in [1.82, 2.24) is 9.97 Å². The third-order valence-electron chi connectivity index (χ3n) is 1.47. The van der Waals surface area contributed by atoms with Gasteiger partial charge in [0.15, 0.2) is 0 Å². The van der Waals surface area contributed by atoms with Crippen molar-refractivity contribution in [3.8, 4) is 11.9 Å². The van der Waals surface area contributed by atoms with E-state index < -0.39 is 0 Å². The fraction of sp³-hybridized carbons (Fsp3) is 0.375. The first-order chi connectivity index (χ1) is 5.69. The molecule has 0 fully saturated rings. The van der Waals surface area contributed by atoms with Gasteiger partial charge in [-0.1, -0.05) is 0 Å². The van der Waals surface area contributed by atoms with E-state index in [1.807, 2.05) is 6.07 Å². The van der Waals surface area contributed by atoms with E-state index in [1.165, 1.54) is 7.11 Å². The number of methoxy groups -OCH3 is 1. The third-order valence-corrected chi connectivity index (χ3v) is 1.47. The highest BCUT2D eigenvalue weighted by Gasteiger charge is 2.08. The number of aromatic nitrogens is 2. The van der Waals surface area contributed by atoms with Crippen molar-refractivity contribution >= 4 is 0 Å². The van der Waals surface area contributed by atoms with E-state index in [2.05, 4.69) is 9.97 Å². The molecule has 0 radical (unpaired) electrons. The van der Waals surface area contributed by atoms with Crippen molar-refractivity contribution in [3.05, 3.63) is 17.1 Å². The molecule has 1 aromatic heterocycles. The molecule has 0 aliphatic carbocycles. The lowest BCUT2D eigenvalue weighted by molar-refractivity contribution is 0.393. The lowest BCUT2D eigenvalue weighted by Crippen LogP contribution is -2.00. The van der Waals surface area contributed by atoms with Crippen LogP contribution in [0.15, 0.2) is 0 Å². The highest BCUT2D eigenvalue weighted by molar-refractivity contribution is 5.41. The quantitative estimate of drug-likeness (QED) is 0.619. The highest BCUT2D eigenvalue weighted by atomic mass is 16.5. The molecule has 12 heavy (non-hydrogen) atoms. The third kappa shape index (κ3) is 1.35. The van der Waals surface area contributed by atoms with Crippen LogP contribution in [0.2, 0.25) is 0 Å². The van der Waals surface area contributed by atoms with Crippen LogP contribution in [-0.2, 0) is 0 Å². The minimum atomic E-state index is 0.350. The second-order valence-electron chi connectivity index (χ2n) is 2.35. The van der Waals surface area contributed by atoms with E-state index in [4.69, 9.17) is 10.00 Å². The molecule has 4 nitrogen and oxygen atoms in total. The number of nitrogens with zero attached hydrogens (tertiary/aromatic N) is 3. The van der Waals surface area contributed by atoms with Gasteiger partial charge in [0.2, 0.25) is 5.88 Å². The summed E-state index contributed by atoms with van der Waals surface area (Å²) in [6.45, 7) is 3.52. The van der Waals surface area contributed by atoms with E-state index in [-0.39, 0.29) is 0 Å². The van der Waals surface area contributed by atoms with E-state index in [9.17, 15) is 0 Å². The topological polar surface area (TPSA) is 58.8 Å². The van der Waals surface area contributed by atoms with Gasteiger partial charge < -0.3 is 4.74 Å². The minimum Gasteiger partial charge on any atom is -0.480 e. The Kier molecular flexibility index (Phi) is 2.24. The van der Waals surface area contributed by atoms with Gasteiger partial charge in [0.1, 0.15) is 17.5 Å². The largest absolute Gasteiger partial charge is 0.480 e. The van der Waals surface area contributed by atoms with Crippen molar-refractivity contribution in [1.29, 1.82) is 5.26 Å². The average molecular weight is 163 g/mol. The molecule has 0 aliphatic heterocycles. The van der Waals surface area contributed by atoms with Crippen LogP contribution in [0.3, 0.4) is 0 Å². The molecule has 0 spiro atoms. The summed E-state index contributed by atoms with van der Waals surface area (Å²) in [5.74, 6) is 0.964. The van der Waals surface area contributed by atoms with Crippen LogP contribution in [0.5, 0.6) is 5.88 Å². The molecule has 0 saturated carbocycles. The van der Waals surface area contributed by atoms with Crippen LogP contribution >= 0.6 is 0 Å². The lowest BCUT2D eigenvalue weighted by Gasteiger charge is -2.03. The van der Waals surface area contributed by atoms with Crippen molar-refractivity contribution in [3.63, 3.8) is 0 Å². The predicted octanol–water partition coefficient (Wildman–Crippen LogP) is 0.974. The molecule has 0 bridgehead atoms. The van der Waals surface area contributed by atoms with Gasteiger partial charge in [0.25, 0.3) is 0 Å². The fourth-order valence-corrected chi connectivity index (χ4v) is 0.958. The molecular formula is C8H9N3O. The molecule has 0 saturated heterocycles. The Morgan fingerprint density at radius 3 is 2.50 bits per heavy atom. The predicted molar refractivity (Wildman–Crippen MR) is 42.8 cm³/mol. The molecule has 0 aromatic carbocycles. The molecule has 0 N–H and O–H groups in total. The first-order valence-electron chi connectivity index (χ1n) is 3.48. The molecule has 4 heteroatoms. The summed E-state index contributed by atoms with van der Waals surface area (Å²) < 4.78 is 4.92. The smallest absolute Gasteiger partial charge is 0.235 e. The van der Waals surface area contributed by atoms with Crippen molar-refractivity contribution < 1.29 is 4.74 Å². The van der Waals surface area contributed by atoms with E-state index >= 15 is 0 Å². The molecular weight excluding hydrogens is 154 g/mol. The highest BCUT2D eigenvalue weighted by Crippen LogP contribution is 2.16. The standard InChI is InChI=1S/C8H9N3O/c1-5-7(4-9)8(12-3)11-6(2)10-5/h1-3H3. The molecule has 0 amide bonds. The summed E-state index contributed by atoms with van der Waals surface area (Å²) in [5, 5.41) is 8.71. The van der Waals surface area contributed by atoms with Crippen molar-refractivity contribution in [2.75, 3.05) is 7.11 Å². The number of aryl methyl sites for hydroxylation is 2. The maximum atomic E-state index is 8.71. The van der Waals surface area contributed by atoms with E-state index in [1.54, 1.807) is 13.8 Å². The normalized spacial score (nSPS) is 9.17. The van der Waals surface area contributed by atoms with E-state index in [0.29, 0.717) is 23.0 Å². The Hall–Kier alpha value is -1.63. The Labute approximate surface area is 70.8 Å². The Bertz CT molecular complexity index is 341. The van der Waals surface area contributed by atoms with Crippen LogP contribution < -0.4 is 4.74 Å². The van der Waals surface area contributed by atoms with Crippen LogP contribution in [-0.4, -0.2) is 17.1 Å². The second kappa shape index (κ2) is 3.18. The van der Waals surface area contributed by atoms with Gasteiger partial charge in [-0.25, -0.2) is 4.98 Å². The Balaban J connectivity index is 3.36. The van der Waals surface area contributed by atoms with Crippen molar-refractivity contribution in [2.45, 2.75) is 13.8 Å². The maximum Gasteiger partial charge on any atom is 0.235 e. The molecule has 1 rings (SSSR count). The number of ether oxygens (including phenoxy) is 1. The summed E-state index contributed by atoms with van der Waals surface area (Å²) in [5.41, 5.74) is 1.06. The van der Waals surface area contributed by atoms with Gasteiger partial charge in [-0.15, -0.1) is 0 Å². The van der Waals surface area contributed by atoms with Gasteiger partial charge >= 0.3 is 0 Å². The molecule has 1 aromatic rings. The van der Waals surface area contributed by atoms with Gasteiger partial charge in [-0.2, -0.15) is 10.2 Å². The van der Waals surface area contributed by atoms with Gasteiger partial charge in [0, 0.05) is 0 Å². The maximum absolute atomic E-state index is 8.71. The summed E-state index contributed by atoms with van der Waals surface area (Å²) >= 11 is 0. The zero-order chi connectivity index (χ0) is 9.14. The number of nitriles is 1.